The van der Waals surface area contributed by atoms with Crippen molar-refractivity contribution in [1.82, 2.24) is 10.2 Å². The summed E-state index contributed by atoms with van der Waals surface area (Å²) in [6.45, 7) is 1.98. The van der Waals surface area contributed by atoms with E-state index in [1.165, 1.54) is 12.1 Å². The van der Waals surface area contributed by atoms with E-state index in [9.17, 15) is 9.59 Å². The number of aldehydes is 1. The quantitative estimate of drug-likeness (QED) is 0.848. The number of ether oxygens (including phenoxy) is 1. The third-order valence-corrected chi connectivity index (χ3v) is 3.22. The Morgan fingerprint density at radius 1 is 1.42 bits per heavy atom. The van der Waals surface area contributed by atoms with E-state index in [0.717, 1.165) is 0 Å². The zero-order valence-corrected chi connectivity index (χ0v) is 11.5. The second kappa shape index (κ2) is 6.12. The fourth-order valence-corrected chi connectivity index (χ4v) is 2.37. The van der Waals surface area contributed by atoms with Crippen LogP contribution in [-0.2, 0) is 0 Å². The summed E-state index contributed by atoms with van der Waals surface area (Å²) >= 11 is 11.8. The minimum Gasteiger partial charge on any atom is -0.489 e. The van der Waals surface area contributed by atoms with E-state index in [1.807, 2.05) is 0 Å². The molecule has 1 aromatic rings. The van der Waals surface area contributed by atoms with Gasteiger partial charge in [-0.15, -0.1) is 0 Å². The first-order valence-electron chi connectivity index (χ1n) is 5.71. The van der Waals surface area contributed by atoms with E-state index in [4.69, 9.17) is 27.9 Å². The number of nitrogens with zero attached hydrogens (tertiary/aromatic N) is 1. The topological polar surface area (TPSA) is 58.6 Å². The first kappa shape index (κ1) is 14.0. The summed E-state index contributed by atoms with van der Waals surface area (Å²) in [4.78, 5) is 23.9. The molecule has 102 valence electrons. The van der Waals surface area contributed by atoms with E-state index < -0.39 is 0 Å². The number of rotatable bonds is 5. The molecule has 7 heteroatoms. The Labute approximate surface area is 120 Å². The molecular weight excluding hydrogens is 291 g/mol. The molecule has 0 unspecified atom stereocenters. The van der Waals surface area contributed by atoms with Crippen LogP contribution in [0.25, 0.3) is 0 Å². The maximum atomic E-state index is 11.3. The van der Waals surface area contributed by atoms with Crippen molar-refractivity contribution in [1.29, 1.82) is 0 Å². The summed E-state index contributed by atoms with van der Waals surface area (Å²) in [6.07, 6.45) is 0.635. The Kier molecular flexibility index (Phi) is 4.50. The van der Waals surface area contributed by atoms with Crippen molar-refractivity contribution in [2.75, 3.05) is 26.2 Å². The highest BCUT2D eigenvalue weighted by molar-refractivity contribution is 6.36. The SMILES string of the molecule is O=Cc1cc(Cl)cc(Cl)c1OCCN1CCNC1=O. The molecule has 1 aromatic carbocycles. The van der Waals surface area contributed by atoms with Crippen LogP contribution in [0.5, 0.6) is 5.75 Å². The smallest absolute Gasteiger partial charge is 0.317 e. The van der Waals surface area contributed by atoms with Crippen molar-refractivity contribution in [2.45, 2.75) is 0 Å². The Morgan fingerprint density at radius 2 is 2.21 bits per heavy atom. The molecule has 2 amide bonds. The van der Waals surface area contributed by atoms with Crippen LogP contribution in [0.3, 0.4) is 0 Å². The molecule has 2 rings (SSSR count). The molecule has 1 aliphatic heterocycles. The van der Waals surface area contributed by atoms with E-state index >= 15 is 0 Å². The van der Waals surface area contributed by atoms with Gasteiger partial charge in [0.1, 0.15) is 12.4 Å². The highest BCUT2D eigenvalue weighted by atomic mass is 35.5. The van der Waals surface area contributed by atoms with Gasteiger partial charge >= 0.3 is 6.03 Å². The average Bonchev–Trinajstić information content (AvgIpc) is 2.77. The summed E-state index contributed by atoms with van der Waals surface area (Å²) in [6, 6.07) is 2.88. The lowest BCUT2D eigenvalue weighted by molar-refractivity contribution is 0.111. The van der Waals surface area contributed by atoms with Crippen LogP contribution in [0.1, 0.15) is 10.4 Å². The zero-order chi connectivity index (χ0) is 13.8. The first-order valence-corrected chi connectivity index (χ1v) is 6.47. The molecule has 0 aromatic heterocycles. The van der Waals surface area contributed by atoms with Crippen LogP contribution >= 0.6 is 23.2 Å². The lowest BCUT2D eigenvalue weighted by Gasteiger charge is -2.16. The summed E-state index contributed by atoms with van der Waals surface area (Å²) < 4.78 is 5.48. The Hall–Kier alpha value is -1.46. The van der Waals surface area contributed by atoms with Gasteiger partial charge in [0.25, 0.3) is 0 Å². The lowest BCUT2D eigenvalue weighted by Crippen LogP contribution is -2.31. The molecule has 0 aliphatic carbocycles. The van der Waals surface area contributed by atoms with Gasteiger partial charge in [0.05, 0.1) is 17.1 Å². The van der Waals surface area contributed by atoms with Crippen molar-refractivity contribution in [3.8, 4) is 5.75 Å². The van der Waals surface area contributed by atoms with Crippen molar-refractivity contribution >= 4 is 35.5 Å². The number of carbonyl (C=O) groups is 2. The summed E-state index contributed by atoms with van der Waals surface area (Å²) in [5, 5.41) is 3.34. The standard InChI is InChI=1S/C12H12Cl2N2O3/c13-9-5-8(7-17)11(10(14)6-9)19-4-3-16-2-1-15-12(16)18/h5-7H,1-4H2,(H,15,18). The van der Waals surface area contributed by atoms with E-state index in [0.29, 0.717) is 42.3 Å². The van der Waals surface area contributed by atoms with Crippen molar-refractivity contribution in [3.63, 3.8) is 0 Å². The van der Waals surface area contributed by atoms with Crippen molar-refractivity contribution in [3.05, 3.63) is 27.7 Å². The number of carbonyl (C=O) groups excluding carboxylic acids is 2. The van der Waals surface area contributed by atoms with Gasteiger partial charge < -0.3 is 15.0 Å². The highest BCUT2D eigenvalue weighted by Gasteiger charge is 2.19. The molecule has 1 heterocycles. The van der Waals surface area contributed by atoms with Crippen molar-refractivity contribution in [2.24, 2.45) is 0 Å². The number of hydrogen-bond donors (Lipinski definition) is 1. The number of amides is 2. The van der Waals surface area contributed by atoms with Gasteiger partial charge in [-0.3, -0.25) is 4.79 Å². The maximum absolute atomic E-state index is 11.3. The minimum absolute atomic E-state index is 0.110. The first-order chi connectivity index (χ1) is 9.11. The Morgan fingerprint density at radius 3 is 2.84 bits per heavy atom. The monoisotopic (exact) mass is 302 g/mol. The zero-order valence-electron chi connectivity index (χ0n) is 9.99. The molecule has 0 spiro atoms. The number of hydrogen-bond acceptors (Lipinski definition) is 3. The van der Waals surface area contributed by atoms with Crippen LogP contribution in [0.15, 0.2) is 12.1 Å². The number of urea groups is 1. The van der Waals surface area contributed by atoms with Gasteiger partial charge in [0.2, 0.25) is 0 Å². The molecule has 0 saturated carbocycles. The summed E-state index contributed by atoms with van der Waals surface area (Å²) in [7, 11) is 0. The third kappa shape index (κ3) is 3.30. The van der Waals surface area contributed by atoms with Gasteiger partial charge in [-0.1, -0.05) is 23.2 Å². The Balaban J connectivity index is 1.99. The highest BCUT2D eigenvalue weighted by Crippen LogP contribution is 2.31. The summed E-state index contributed by atoms with van der Waals surface area (Å²) in [5.74, 6) is 0.292. The molecule has 0 atom stereocenters. The minimum atomic E-state index is -0.110. The normalized spacial score (nSPS) is 14.4. The Bertz CT molecular complexity index is 508. The molecule has 1 fully saturated rings. The predicted octanol–water partition coefficient (Wildman–Crippen LogP) is 2.21. The van der Waals surface area contributed by atoms with Gasteiger partial charge in [-0.25, -0.2) is 4.79 Å². The summed E-state index contributed by atoms with van der Waals surface area (Å²) in [5.41, 5.74) is 0.295. The van der Waals surface area contributed by atoms with Crippen LogP contribution in [0.2, 0.25) is 10.0 Å². The third-order valence-electron chi connectivity index (χ3n) is 2.72. The molecule has 1 aliphatic rings. The molecule has 0 bridgehead atoms. The second-order valence-corrected chi connectivity index (χ2v) is 4.83. The van der Waals surface area contributed by atoms with Crippen LogP contribution in [0.4, 0.5) is 4.79 Å². The van der Waals surface area contributed by atoms with Gasteiger partial charge in [0, 0.05) is 18.1 Å². The predicted molar refractivity (Wildman–Crippen MR) is 72.3 cm³/mol. The molecule has 19 heavy (non-hydrogen) atoms. The van der Waals surface area contributed by atoms with E-state index in [1.54, 1.807) is 4.90 Å². The largest absolute Gasteiger partial charge is 0.489 e. The lowest BCUT2D eigenvalue weighted by atomic mass is 10.2. The second-order valence-electron chi connectivity index (χ2n) is 3.99. The van der Waals surface area contributed by atoms with Gasteiger partial charge in [-0.2, -0.15) is 0 Å². The van der Waals surface area contributed by atoms with E-state index in [-0.39, 0.29) is 17.7 Å². The van der Waals surface area contributed by atoms with Crippen LogP contribution in [0, 0.1) is 0 Å². The van der Waals surface area contributed by atoms with Crippen LogP contribution < -0.4 is 10.1 Å². The molecular formula is C12H12Cl2N2O3. The molecule has 1 N–H and O–H groups in total. The fourth-order valence-electron chi connectivity index (χ4n) is 1.80. The van der Waals surface area contributed by atoms with E-state index in [2.05, 4.69) is 5.32 Å². The maximum Gasteiger partial charge on any atom is 0.317 e. The molecule has 1 saturated heterocycles. The van der Waals surface area contributed by atoms with Gasteiger partial charge in [-0.05, 0) is 12.1 Å². The number of nitrogens with one attached hydrogen (secondary N) is 1. The number of halogens is 2. The van der Waals surface area contributed by atoms with Crippen LogP contribution in [-0.4, -0.2) is 43.5 Å². The average molecular weight is 303 g/mol. The van der Waals surface area contributed by atoms with Crippen molar-refractivity contribution < 1.29 is 14.3 Å². The number of benzene rings is 1. The molecule has 5 nitrogen and oxygen atoms in total. The molecule has 0 radical (unpaired) electrons. The fraction of sp³-hybridized carbons (Fsp3) is 0.333. The van der Waals surface area contributed by atoms with Gasteiger partial charge in [0.15, 0.2) is 6.29 Å².